The van der Waals surface area contributed by atoms with Gasteiger partial charge in [-0.25, -0.2) is 0 Å². The van der Waals surface area contributed by atoms with Crippen molar-refractivity contribution in [3.05, 3.63) is 35.9 Å². The molecule has 1 fully saturated rings. The van der Waals surface area contributed by atoms with Crippen LogP contribution in [0.15, 0.2) is 30.3 Å². The molecule has 2 atom stereocenters. The van der Waals surface area contributed by atoms with Gasteiger partial charge in [0.15, 0.2) is 0 Å². The fourth-order valence-electron chi connectivity index (χ4n) is 3.44. The third-order valence-corrected chi connectivity index (χ3v) is 5.01. The van der Waals surface area contributed by atoms with Gasteiger partial charge in [-0.3, -0.25) is 9.59 Å². The third-order valence-electron chi connectivity index (χ3n) is 5.01. The molecule has 2 rings (SSSR count). The van der Waals surface area contributed by atoms with Crippen molar-refractivity contribution in [1.82, 2.24) is 10.2 Å². The van der Waals surface area contributed by atoms with Crippen LogP contribution in [0.5, 0.6) is 0 Å². The number of amides is 2. The maximum atomic E-state index is 12.8. The number of piperidine rings is 1. The minimum atomic E-state index is -0.423. The van der Waals surface area contributed by atoms with Crippen LogP contribution in [0.3, 0.4) is 0 Å². The molecule has 138 valence electrons. The van der Waals surface area contributed by atoms with Crippen molar-refractivity contribution in [2.75, 3.05) is 13.1 Å². The van der Waals surface area contributed by atoms with Gasteiger partial charge in [-0.05, 0) is 37.7 Å². The van der Waals surface area contributed by atoms with E-state index in [1.807, 2.05) is 49.1 Å². The number of benzene rings is 1. The van der Waals surface area contributed by atoms with E-state index in [2.05, 4.69) is 5.32 Å². The summed E-state index contributed by atoms with van der Waals surface area (Å²) in [5.41, 5.74) is 6.93. The van der Waals surface area contributed by atoms with E-state index >= 15 is 0 Å². The third kappa shape index (κ3) is 5.85. The van der Waals surface area contributed by atoms with E-state index in [0.717, 1.165) is 37.9 Å². The summed E-state index contributed by atoms with van der Waals surface area (Å²) < 4.78 is 0. The second-order valence-corrected chi connectivity index (χ2v) is 7.09. The number of carbonyl (C=O) groups is 2. The van der Waals surface area contributed by atoms with Crippen molar-refractivity contribution in [3.63, 3.8) is 0 Å². The Morgan fingerprint density at radius 3 is 2.44 bits per heavy atom. The molecule has 1 aromatic rings. The monoisotopic (exact) mass is 345 g/mol. The molecule has 5 heteroatoms. The number of nitrogens with two attached hydrogens (primary N) is 1. The van der Waals surface area contributed by atoms with Crippen molar-refractivity contribution in [3.8, 4) is 0 Å². The summed E-state index contributed by atoms with van der Waals surface area (Å²) in [6, 6.07) is 9.36. The van der Waals surface area contributed by atoms with Gasteiger partial charge in [0.1, 0.15) is 6.04 Å². The summed E-state index contributed by atoms with van der Waals surface area (Å²) in [7, 11) is 0. The number of hydrogen-bond acceptors (Lipinski definition) is 3. The molecule has 0 bridgehead atoms. The lowest BCUT2D eigenvalue weighted by Crippen LogP contribution is -2.51. The summed E-state index contributed by atoms with van der Waals surface area (Å²) in [4.78, 5) is 27.1. The fourth-order valence-corrected chi connectivity index (χ4v) is 3.44. The molecule has 2 amide bonds. The van der Waals surface area contributed by atoms with E-state index in [9.17, 15) is 9.59 Å². The first-order valence-electron chi connectivity index (χ1n) is 9.39. The average Bonchev–Trinajstić information content (AvgIpc) is 2.61. The molecule has 0 spiro atoms. The van der Waals surface area contributed by atoms with Crippen LogP contribution in [0.25, 0.3) is 0 Å². The first kappa shape index (κ1) is 19.4. The Balaban J connectivity index is 1.90. The molecule has 1 saturated heterocycles. The molecular formula is C20H31N3O2. The summed E-state index contributed by atoms with van der Waals surface area (Å²) in [6.07, 6.45) is 3.73. The molecule has 0 aromatic heterocycles. The van der Waals surface area contributed by atoms with Gasteiger partial charge in [-0.1, -0.05) is 43.7 Å². The Hall–Kier alpha value is -1.88. The number of hydrogen-bond donors (Lipinski definition) is 2. The van der Waals surface area contributed by atoms with E-state index in [4.69, 9.17) is 5.73 Å². The number of nitrogens with one attached hydrogen (secondary N) is 1. The molecule has 5 nitrogen and oxygen atoms in total. The highest BCUT2D eigenvalue weighted by atomic mass is 16.2. The van der Waals surface area contributed by atoms with Gasteiger partial charge in [-0.15, -0.1) is 0 Å². The first-order valence-corrected chi connectivity index (χ1v) is 9.39. The summed E-state index contributed by atoms with van der Waals surface area (Å²) >= 11 is 0. The minimum Gasteiger partial charge on any atom is -0.344 e. The highest BCUT2D eigenvalue weighted by Crippen LogP contribution is 2.20. The van der Waals surface area contributed by atoms with Crippen LogP contribution in [0.2, 0.25) is 0 Å². The zero-order valence-electron chi connectivity index (χ0n) is 15.4. The van der Waals surface area contributed by atoms with Crippen molar-refractivity contribution >= 4 is 11.8 Å². The minimum absolute atomic E-state index is 0.0476. The molecule has 25 heavy (non-hydrogen) atoms. The Morgan fingerprint density at radius 1 is 1.24 bits per heavy atom. The Bertz CT molecular complexity index is 551. The van der Waals surface area contributed by atoms with Crippen molar-refractivity contribution < 1.29 is 9.59 Å². The summed E-state index contributed by atoms with van der Waals surface area (Å²) in [6.45, 7) is 5.54. The number of nitrogens with zero attached hydrogens (tertiary/aromatic N) is 1. The molecule has 0 radical (unpaired) electrons. The molecule has 0 aliphatic carbocycles. The van der Waals surface area contributed by atoms with Gasteiger partial charge < -0.3 is 16.0 Å². The van der Waals surface area contributed by atoms with Crippen LogP contribution in [0.4, 0.5) is 0 Å². The van der Waals surface area contributed by atoms with Crippen molar-refractivity contribution in [2.45, 2.75) is 58.0 Å². The maximum Gasteiger partial charge on any atom is 0.245 e. The Kier molecular flexibility index (Phi) is 7.44. The largest absolute Gasteiger partial charge is 0.344 e. The molecule has 1 aliphatic rings. The lowest BCUT2D eigenvalue weighted by Gasteiger charge is -2.35. The lowest BCUT2D eigenvalue weighted by atomic mass is 9.90. The van der Waals surface area contributed by atoms with Crippen LogP contribution in [0, 0.1) is 5.92 Å². The van der Waals surface area contributed by atoms with Gasteiger partial charge in [0.25, 0.3) is 0 Å². The van der Waals surface area contributed by atoms with Gasteiger partial charge in [0.2, 0.25) is 11.8 Å². The lowest BCUT2D eigenvalue weighted by molar-refractivity contribution is -0.137. The van der Waals surface area contributed by atoms with Crippen LogP contribution >= 0.6 is 0 Å². The molecule has 0 saturated carbocycles. The van der Waals surface area contributed by atoms with Crippen molar-refractivity contribution in [2.24, 2.45) is 11.7 Å². The highest BCUT2D eigenvalue weighted by molar-refractivity contribution is 5.88. The smallest absolute Gasteiger partial charge is 0.245 e. The van der Waals surface area contributed by atoms with Gasteiger partial charge in [-0.2, -0.15) is 0 Å². The molecule has 1 aromatic carbocycles. The van der Waals surface area contributed by atoms with E-state index in [1.54, 1.807) is 0 Å². The fraction of sp³-hybridized carbons (Fsp3) is 0.600. The van der Waals surface area contributed by atoms with Gasteiger partial charge in [0.05, 0.1) is 6.42 Å². The normalized spacial score (nSPS) is 17.8. The molecule has 3 N–H and O–H groups in total. The van der Waals surface area contributed by atoms with Crippen LogP contribution < -0.4 is 11.1 Å². The highest BCUT2D eigenvalue weighted by Gasteiger charge is 2.29. The van der Waals surface area contributed by atoms with E-state index in [-0.39, 0.29) is 17.9 Å². The average molecular weight is 345 g/mol. The quantitative estimate of drug-likeness (QED) is 0.795. The van der Waals surface area contributed by atoms with Crippen LogP contribution in [0.1, 0.15) is 45.1 Å². The molecule has 1 aliphatic heterocycles. The Morgan fingerprint density at radius 2 is 1.88 bits per heavy atom. The molecule has 2 unspecified atom stereocenters. The van der Waals surface area contributed by atoms with Crippen molar-refractivity contribution in [1.29, 1.82) is 0 Å². The number of rotatable bonds is 7. The van der Waals surface area contributed by atoms with Crippen LogP contribution in [-0.2, 0) is 16.0 Å². The SMILES string of the molecule is CCCC(NC(=O)Cc1ccccc1)C(=O)N1CCC(C(C)N)CC1. The number of carbonyl (C=O) groups excluding carboxylic acids is 2. The van der Waals surface area contributed by atoms with E-state index in [1.165, 1.54) is 0 Å². The predicted molar refractivity (Wildman–Crippen MR) is 99.9 cm³/mol. The molecular weight excluding hydrogens is 314 g/mol. The zero-order chi connectivity index (χ0) is 18.2. The Labute approximate surface area is 151 Å². The predicted octanol–water partition coefficient (Wildman–Crippen LogP) is 2.10. The zero-order valence-corrected chi connectivity index (χ0v) is 15.4. The topological polar surface area (TPSA) is 75.4 Å². The number of likely N-dealkylation sites (tertiary alicyclic amines) is 1. The summed E-state index contributed by atoms with van der Waals surface area (Å²) in [5, 5.41) is 2.94. The van der Waals surface area contributed by atoms with Gasteiger partial charge in [0, 0.05) is 19.1 Å². The molecule has 1 heterocycles. The standard InChI is InChI=1S/C20H31N3O2/c1-3-7-18(22-19(24)14-16-8-5-4-6-9-16)20(25)23-12-10-17(11-13-23)15(2)21/h4-6,8-9,15,17-18H,3,7,10-14,21H2,1-2H3,(H,22,24). The van der Waals surface area contributed by atoms with E-state index < -0.39 is 6.04 Å². The summed E-state index contributed by atoms with van der Waals surface area (Å²) in [5.74, 6) is 0.441. The first-order chi connectivity index (χ1) is 12.0. The maximum absolute atomic E-state index is 12.8. The van der Waals surface area contributed by atoms with Gasteiger partial charge >= 0.3 is 0 Å². The van der Waals surface area contributed by atoms with Crippen LogP contribution in [-0.4, -0.2) is 41.9 Å². The second kappa shape index (κ2) is 9.56. The van der Waals surface area contributed by atoms with E-state index in [0.29, 0.717) is 18.8 Å². The second-order valence-electron chi connectivity index (χ2n) is 7.09.